The number of anilines is 1. The number of aryl methyl sites for hydroxylation is 3. The minimum atomic E-state index is -3.80. The fourth-order valence-electron chi connectivity index (χ4n) is 3.37. The molecule has 1 atom stereocenters. The SMILES string of the molecule is Cc1ccc(S(=O)(=O)N[C@H](CC(=O)Nc2c(C)cc(Br)cc2C)c2ccccc2)cc1. The van der Waals surface area contributed by atoms with Crippen LogP contribution in [-0.4, -0.2) is 14.3 Å². The van der Waals surface area contributed by atoms with Crippen LogP contribution in [-0.2, 0) is 14.8 Å². The number of hydrogen-bond donors (Lipinski definition) is 2. The van der Waals surface area contributed by atoms with E-state index in [0.29, 0.717) is 0 Å². The highest BCUT2D eigenvalue weighted by Gasteiger charge is 2.24. The maximum atomic E-state index is 13.0. The second-order valence-electron chi connectivity index (χ2n) is 7.56. The zero-order valence-electron chi connectivity index (χ0n) is 17.6. The zero-order chi connectivity index (χ0) is 22.6. The molecule has 0 aromatic heterocycles. The number of rotatable bonds is 7. The summed E-state index contributed by atoms with van der Waals surface area (Å²) in [6.07, 6.45) is -0.0377. The van der Waals surface area contributed by atoms with Crippen LogP contribution in [0.4, 0.5) is 5.69 Å². The van der Waals surface area contributed by atoms with Crippen molar-refractivity contribution in [3.8, 4) is 0 Å². The van der Waals surface area contributed by atoms with Crippen LogP contribution in [0.25, 0.3) is 0 Å². The van der Waals surface area contributed by atoms with Crippen LogP contribution >= 0.6 is 15.9 Å². The molecular formula is C24H25BrN2O3S. The predicted octanol–water partition coefficient (Wildman–Crippen LogP) is 5.42. The molecule has 0 saturated heterocycles. The lowest BCUT2D eigenvalue weighted by atomic mass is 10.0. The highest BCUT2D eigenvalue weighted by atomic mass is 79.9. The van der Waals surface area contributed by atoms with Crippen molar-refractivity contribution in [1.82, 2.24) is 4.72 Å². The fourth-order valence-corrected chi connectivity index (χ4v) is 5.28. The van der Waals surface area contributed by atoms with E-state index in [2.05, 4.69) is 26.0 Å². The molecule has 3 aromatic rings. The lowest BCUT2D eigenvalue weighted by molar-refractivity contribution is -0.116. The van der Waals surface area contributed by atoms with E-state index in [0.717, 1.165) is 32.4 Å². The average molecular weight is 501 g/mol. The standard InChI is InChI=1S/C24H25BrN2O3S/c1-16-9-11-21(12-10-16)31(29,30)27-22(19-7-5-4-6-8-19)15-23(28)26-24-17(2)13-20(25)14-18(24)3/h4-14,22,27H,15H2,1-3H3,(H,26,28)/t22-/m1/s1. The zero-order valence-corrected chi connectivity index (χ0v) is 20.0. The molecule has 0 bridgehead atoms. The van der Waals surface area contributed by atoms with Gasteiger partial charge in [-0.15, -0.1) is 0 Å². The van der Waals surface area contributed by atoms with Gasteiger partial charge in [-0.25, -0.2) is 13.1 Å². The minimum absolute atomic E-state index is 0.0377. The van der Waals surface area contributed by atoms with Crippen molar-refractivity contribution >= 4 is 37.5 Å². The van der Waals surface area contributed by atoms with Crippen molar-refractivity contribution < 1.29 is 13.2 Å². The first-order valence-corrected chi connectivity index (χ1v) is 12.1. The molecule has 0 aliphatic carbocycles. The molecule has 0 fully saturated rings. The Morgan fingerprint density at radius 1 is 0.935 bits per heavy atom. The van der Waals surface area contributed by atoms with E-state index in [4.69, 9.17) is 0 Å². The molecule has 3 rings (SSSR count). The Morgan fingerprint density at radius 2 is 1.52 bits per heavy atom. The van der Waals surface area contributed by atoms with Crippen LogP contribution in [0, 0.1) is 20.8 Å². The number of benzene rings is 3. The molecule has 3 aromatic carbocycles. The largest absolute Gasteiger partial charge is 0.326 e. The Hall–Kier alpha value is -2.48. The summed E-state index contributed by atoms with van der Waals surface area (Å²) in [5.74, 6) is -0.269. The number of carbonyl (C=O) groups is 1. The normalized spacial score (nSPS) is 12.4. The van der Waals surface area contributed by atoms with Crippen molar-refractivity contribution in [2.24, 2.45) is 0 Å². The molecule has 162 valence electrons. The Morgan fingerprint density at radius 3 is 2.10 bits per heavy atom. The van der Waals surface area contributed by atoms with Gasteiger partial charge in [-0.2, -0.15) is 0 Å². The fraction of sp³-hybridized carbons (Fsp3) is 0.208. The summed E-state index contributed by atoms with van der Waals surface area (Å²) in [7, 11) is -3.80. The van der Waals surface area contributed by atoms with Gasteiger partial charge < -0.3 is 5.32 Å². The second kappa shape index (κ2) is 9.77. The van der Waals surface area contributed by atoms with Crippen LogP contribution in [0.2, 0.25) is 0 Å². The van der Waals surface area contributed by atoms with Crippen LogP contribution in [0.1, 0.15) is 34.7 Å². The van der Waals surface area contributed by atoms with Crippen LogP contribution < -0.4 is 10.0 Å². The third kappa shape index (κ3) is 6.03. The number of nitrogens with one attached hydrogen (secondary N) is 2. The predicted molar refractivity (Wildman–Crippen MR) is 128 cm³/mol. The number of halogens is 1. The van der Waals surface area contributed by atoms with Gasteiger partial charge in [0.2, 0.25) is 15.9 Å². The van der Waals surface area contributed by atoms with E-state index in [9.17, 15) is 13.2 Å². The summed E-state index contributed by atoms with van der Waals surface area (Å²) in [5.41, 5.74) is 4.28. The molecule has 0 spiro atoms. The monoisotopic (exact) mass is 500 g/mol. The average Bonchev–Trinajstić information content (AvgIpc) is 2.71. The molecule has 7 heteroatoms. The number of sulfonamides is 1. The Labute approximate surface area is 192 Å². The molecule has 1 amide bonds. The molecule has 0 unspecified atom stereocenters. The third-order valence-electron chi connectivity index (χ3n) is 4.98. The summed E-state index contributed by atoms with van der Waals surface area (Å²) >= 11 is 3.45. The summed E-state index contributed by atoms with van der Waals surface area (Å²) in [4.78, 5) is 13.1. The second-order valence-corrected chi connectivity index (χ2v) is 10.2. The number of carbonyl (C=O) groups excluding carboxylic acids is 1. The summed E-state index contributed by atoms with van der Waals surface area (Å²) in [5, 5.41) is 2.94. The maximum absolute atomic E-state index is 13.0. The van der Waals surface area contributed by atoms with Gasteiger partial charge in [0.1, 0.15) is 0 Å². The van der Waals surface area contributed by atoms with Crippen molar-refractivity contribution in [3.05, 3.63) is 93.5 Å². The molecule has 0 radical (unpaired) electrons. The quantitative estimate of drug-likeness (QED) is 0.454. The smallest absolute Gasteiger partial charge is 0.241 e. The lowest BCUT2D eigenvalue weighted by Crippen LogP contribution is -2.31. The van der Waals surface area contributed by atoms with E-state index < -0.39 is 16.1 Å². The first-order chi connectivity index (χ1) is 14.7. The van der Waals surface area contributed by atoms with E-state index in [1.807, 2.05) is 63.2 Å². The topological polar surface area (TPSA) is 75.3 Å². The van der Waals surface area contributed by atoms with Gasteiger partial charge in [0.05, 0.1) is 10.9 Å². The van der Waals surface area contributed by atoms with Crippen LogP contribution in [0.3, 0.4) is 0 Å². The summed E-state index contributed by atoms with van der Waals surface area (Å²) in [6.45, 7) is 5.73. The molecule has 0 aliphatic rings. The Bertz CT molecular complexity index is 1150. The van der Waals surface area contributed by atoms with Crippen LogP contribution in [0.15, 0.2) is 76.1 Å². The van der Waals surface area contributed by atoms with Gasteiger partial charge >= 0.3 is 0 Å². The highest BCUT2D eigenvalue weighted by Crippen LogP contribution is 2.27. The first-order valence-electron chi connectivity index (χ1n) is 9.86. The number of hydrogen-bond acceptors (Lipinski definition) is 3. The van der Waals surface area contributed by atoms with E-state index >= 15 is 0 Å². The molecule has 5 nitrogen and oxygen atoms in total. The van der Waals surface area contributed by atoms with Crippen molar-refractivity contribution in [2.75, 3.05) is 5.32 Å². The number of amides is 1. The Kier molecular flexibility index (Phi) is 7.30. The molecule has 0 saturated carbocycles. The summed E-state index contributed by atoms with van der Waals surface area (Å²) in [6, 6.07) is 18.9. The van der Waals surface area contributed by atoms with Crippen LogP contribution in [0.5, 0.6) is 0 Å². The molecule has 31 heavy (non-hydrogen) atoms. The summed E-state index contributed by atoms with van der Waals surface area (Å²) < 4.78 is 29.6. The highest BCUT2D eigenvalue weighted by molar-refractivity contribution is 9.10. The first kappa shape index (κ1) is 23.2. The third-order valence-corrected chi connectivity index (χ3v) is 6.93. The lowest BCUT2D eigenvalue weighted by Gasteiger charge is -2.20. The van der Waals surface area contributed by atoms with E-state index in [1.54, 1.807) is 24.3 Å². The van der Waals surface area contributed by atoms with Crippen molar-refractivity contribution in [2.45, 2.75) is 38.1 Å². The van der Waals surface area contributed by atoms with Gasteiger partial charge in [-0.3, -0.25) is 4.79 Å². The van der Waals surface area contributed by atoms with Crippen molar-refractivity contribution in [1.29, 1.82) is 0 Å². The molecule has 2 N–H and O–H groups in total. The molecule has 0 heterocycles. The van der Waals surface area contributed by atoms with Gasteiger partial charge in [-0.05, 0) is 61.7 Å². The molecular weight excluding hydrogens is 476 g/mol. The minimum Gasteiger partial charge on any atom is -0.326 e. The molecule has 0 aliphatic heterocycles. The van der Waals surface area contributed by atoms with Gasteiger partial charge in [0, 0.05) is 16.6 Å². The Balaban J connectivity index is 1.85. The maximum Gasteiger partial charge on any atom is 0.241 e. The van der Waals surface area contributed by atoms with Crippen molar-refractivity contribution in [3.63, 3.8) is 0 Å². The van der Waals surface area contributed by atoms with E-state index in [1.165, 1.54) is 0 Å². The van der Waals surface area contributed by atoms with Gasteiger partial charge in [0.25, 0.3) is 0 Å². The van der Waals surface area contributed by atoms with Gasteiger partial charge in [-0.1, -0.05) is 64.0 Å². The van der Waals surface area contributed by atoms with Gasteiger partial charge in [0.15, 0.2) is 0 Å². The van der Waals surface area contributed by atoms with E-state index in [-0.39, 0.29) is 17.2 Å².